The standard InChI is InChI=1S/C21H19Cl2N3O3S/c1-29-14-9-5-12(6-10-14)24-21-26(13-7-8-13)20(28)17(30-21)11-18(27)25-16-4-2-3-15(22)19(16)23/h2-6,9-10,13,17H,7-8,11H2,1H3,(H,25,27). The van der Waals surface area contributed by atoms with E-state index in [4.69, 9.17) is 27.9 Å². The molecule has 1 heterocycles. The van der Waals surface area contributed by atoms with Crippen LogP contribution in [0.5, 0.6) is 5.75 Å². The summed E-state index contributed by atoms with van der Waals surface area (Å²) in [6, 6.07) is 12.5. The van der Waals surface area contributed by atoms with E-state index in [0.717, 1.165) is 24.3 Å². The highest BCUT2D eigenvalue weighted by molar-refractivity contribution is 8.15. The maximum atomic E-state index is 13.0. The van der Waals surface area contributed by atoms with E-state index in [2.05, 4.69) is 10.3 Å². The van der Waals surface area contributed by atoms with Crippen LogP contribution in [0.3, 0.4) is 0 Å². The normalized spacial score (nSPS) is 20.0. The highest BCUT2D eigenvalue weighted by Crippen LogP contribution is 2.40. The summed E-state index contributed by atoms with van der Waals surface area (Å²) in [6.07, 6.45) is 1.92. The van der Waals surface area contributed by atoms with E-state index in [1.54, 1.807) is 30.2 Å². The summed E-state index contributed by atoms with van der Waals surface area (Å²) in [6.45, 7) is 0. The van der Waals surface area contributed by atoms with Gasteiger partial charge in [-0.2, -0.15) is 0 Å². The van der Waals surface area contributed by atoms with Gasteiger partial charge in [-0.1, -0.05) is 41.0 Å². The summed E-state index contributed by atoms with van der Waals surface area (Å²) in [5.74, 6) is 0.357. The lowest BCUT2D eigenvalue weighted by molar-refractivity contribution is -0.128. The molecular weight excluding hydrogens is 445 g/mol. The van der Waals surface area contributed by atoms with Crippen LogP contribution >= 0.6 is 35.0 Å². The topological polar surface area (TPSA) is 71.0 Å². The third-order valence-corrected chi connectivity index (χ3v) is 6.74. The number of benzene rings is 2. The Kier molecular flexibility index (Phi) is 6.22. The molecule has 6 nitrogen and oxygen atoms in total. The van der Waals surface area contributed by atoms with E-state index in [1.807, 2.05) is 24.3 Å². The quantitative estimate of drug-likeness (QED) is 0.644. The minimum atomic E-state index is -0.527. The van der Waals surface area contributed by atoms with Crippen molar-refractivity contribution in [1.82, 2.24) is 4.90 Å². The molecule has 1 unspecified atom stereocenters. The van der Waals surface area contributed by atoms with Gasteiger partial charge < -0.3 is 10.1 Å². The Balaban J connectivity index is 1.49. The molecule has 2 fully saturated rings. The van der Waals surface area contributed by atoms with E-state index >= 15 is 0 Å². The summed E-state index contributed by atoms with van der Waals surface area (Å²) in [5.41, 5.74) is 1.16. The number of thioether (sulfide) groups is 1. The van der Waals surface area contributed by atoms with Gasteiger partial charge in [0.05, 0.1) is 28.5 Å². The molecule has 0 radical (unpaired) electrons. The van der Waals surface area contributed by atoms with Crippen molar-refractivity contribution in [3.63, 3.8) is 0 Å². The Labute approximate surface area is 188 Å². The Bertz CT molecular complexity index is 1010. The number of rotatable bonds is 6. The van der Waals surface area contributed by atoms with Gasteiger partial charge in [0, 0.05) is 12.5 Å². The fourth-order valence-electron chi connectivity index (χ4n) is 3.10. The number of nitrogens with one attached hydrogen (secondary N) is 1. The molecule has 9 heteroatoms. The zero-order valence-electron chi connectivity index (χ0n) is 16.1. The molecule has 2 aromatic carbocycles. The highest BCUT2D eigenvalue weighted by Gasteiger charge is 2.46. The van der Waals surface area contributed by atoms with Crippen LogP contribution in [0.2, 0.25) is 10.0 Å². The molecule has 1 atom stereocenters. The number of ether oxygens (including phenoxy) is 1. The summed E-state index contributed by atoms with van der Waals surface area (Å²) >= 11 is 13.5. The molecule has 30 heavy (non-hydrogen) atoms. The number of methoxy groups -OCH3 is 1. The number of hydrogen-bond donors (Lipinski definition) is 1. The van der Waals surface area contributed by atoms with E-state index in [1.165, 1.54) is 11.8 Å². The number of carbonyl (C=O) groups is 2. The number of amides is 2. The van der Waals surface area contributed by atoms with Crippen LogP contribution in [0.4, 0.5) is 11.4 Å². The van der Waals surface area contributed by atoms with Gasteiger partial charge in [-0.25, -0.2) is 4.99 Å². The van der Waals surface area contributed by atoms with Crippen molar-refractivity contribution in [3.05, 3.63) is 52.5 Å². The second kappa shape index (κ2) is 8.88. The molecule has 2 aromatic rings. The third kappa shape index (κ3) is 4.58. The average Bonchev–Trinajstić information content (AvgIpc) is 3.52. The molecule has 0 spiro atoms. The maximum absolute atomic E-state index is 13.0. The summed E-state index contributed by atoms with van der Waals surface area (Å²) in [5, 5.41) is 3.48. The van der Waals surface area contributed by atoms with Crippen molar-refractivity contribution >= 4 is 63.3 Å². The van der Waals surface area contributed by atoms with Crippen LogP contribution in [0.25, 0.3) is 0 Å². The summed E-state index contributed by atoms with van der Waals surface area (Å²) < 4.78 is 5.17. The predicted octanol–water partition coefficient (Wildman–Crippen LogP) is 5.12. The van der Waals surface area contributed by atoms with Crippen molar-refractivity contribution in [1.29, 1.82) is 0 Å². The van der Waals surface area contributed by atoms with Gasteiger partial charge in [-0.05, 0) is 49.2 Å². The second-order valence-corrected chi connectivity index (χ2v) is 8.95. The van der Waals surface area contributed by atoms with Crippen LogP contribution < -0.4 is 10.1 Å². The van der Waals surface area contributed by atoms with Crippen LogP contribution in [-0.2, 0) is 9.59 Å². The molecular formula is C21H19Cl2N3O3S. The minimum absolute atomic E-state index is 0.0250. The smallest absolute Gasteiger partial charge is 0.242 e. The zero-order valence-corrected chi connectivity index (χ0v) is 18.4. The van der Waals surface area contributed by atoms with Crippen molar-refractivity contribution in [3.8, 4) is 5.75 Å². The number of halogens is 2. The summed E-state index contributed by atoms with van der Waals surface area (Å²) in [7, 11) is 1.60. The first kappa shape index (κ1) is 21.0. The Morgan fingerprint density at radius 2 is 1.97 bits per heavy atom. The summed E-state index contributed by atoms with van der Waals surface area (Å²) in [4.78, 5) is 31.9. The first-order valence-electron chi connectivity index (χ1n) is 9.42. The van der Waals surface area contributed by atoms with Gasteiger partial charge in [0.25, 0.3) is 0 Å². The van der Waals surface area contributed by atoms with Crippen molar-refractivity contribution in [2.75, 3.05) is 12.4 Å². The first-order valence-corrected chi connectivity index (χ1v) is 11.1. The monoisotopic (exact) mass is 463 g/mol. The molecule has 1 saturated carbocycles. The fourth-order valence-corrected chi connectivity index (χ4v) is 4.66. The van der Waals surface area contributed by atoms with Gasteiger partial charge in [0.2, 0.25) is 11.8 Å². The van der Waals surface area contributed by atoms with Crippen molar-refractivity contribution in [2.45, 2.75) is 30.6 Å². The molecule has 1 saturated heterocycles. The van der Waals surface area contributed by atoms with Crippen molar-refractivity contribution in [2.24, 2.45) is 4.99 Å². The zero-order chi connectivity index (χ0) is 21.3. The molecule has 0 aromatic heterocycles. The minimum Gasteiger partial charge on any atom is -0.497 e. The lowest BCUT2D eigenvalue weighted by Gasteiger charge is -2.15. The Morgan fingerprint density at radius 3 is 2.63 bits per heavy atom. The molecule has 0 bridgehead atoms. The molecule has 2 aliphatic rings. The number of carbonyl (C=O) groups excluding carboxylic acids is 2. The average molecular weight is 464 g/mol. The number of hydrogen-bond acceptors (Lipinski definition) is 5. The lowest BCUT2D eigenvalue weighted by Crippen LogP contribution is -2.35. The lowest BCUT2D eigenvalue weighted by atomic mass is 10.2. The van der Waals surface area contributed by atoms with Crippen molar-refractivity contribution < 1.29 is 14.3 Å². The van der Waals surface area contributed by atoms with E-state index in [0.29, 0.717) is 15.9 Å². The third-order valence-electron chi connectivity index (χ3n) is 4.77. The SMILES string of the molecule is COc1ccc(N=C2SC(CC(=O)Nc3cccc(Cl)c3Cl)C(=O)N2C2CC2)cc1. The Morgan fingerprint density at radius 1 is 1.23 bits per heavy atom. The highest BCUT2D eigenvalue weighted by atomic mass is 35.5. The number of amidine groups is 1. The largest absolute Gasteiger partial charge is 0.497 e. The van der Waals surface area contributed by atoms with Crippen LogP contribution in [0.1, 0.15) is 19.3 Å². The Hall–Kier alpha value is -2.22. The number of aliphatic imine (C=N–C) groups is 1. The van der Waals surface area contributed by atoms with E-state index < -0.39 is 5.25 Å². The van der Waals surface area contributed by atoms with Gasteiger partial charge >= 0.3 is 0 Å². The molecule has 4 rings (SSSR count). The van der Waals surface area contributed by atoms with E-state index in [9.17, 15) is 9.59 Å². The van der Waals surface area contributed by atoms with Gasteiger partial charge in [-0.3, -0.25) is 14.5 Å². The number of anilines is 1. The van der Waals surface area contributed by atoms with Crippen LogP contribution in [-0.4, -0.2) is 40.3 Å². The molecule has 2 amide bonds. The van der Waals surface area contributed by atoms with Crippen LogP contribution in [0, 0.1) is 0 Å². The van der Waals surface area contributed by atoms with Crippen LogP contribution in [0.15, 0.2) is 47.5 Å². The van der Waals surface area contributed by atoms with Gasteiger partial charge in [-0.15, -0.1) is 0 Å². The fraction of sp³-hybridized carbons (Fsp3) is 0.286. The molecule has 1 N–H and O–H groups in total. The number of nitrogens with zero attached hydrogens (tertiary/aromatic N) is 2. The molecule has 1 aliphatic heterocycles. The van der Waals surface area contributed by atoms with E-state index in [-0.39, 0.29) is 29.3 Å². The molecule has 156 valence electrons. The van der Waals surface area contributed by atoms with Gasteiger partial charge in [0.15, 0.2) is 5.17 Å². The van der Waals surface area contributed by atoms with Gasteiger partial charge in [0.1, 0.15) is 11.0 Å². The molecule has 1 aliphatic carbocycles. The maximum Gasteiger partial charge on any atom is 0.242 e. The second-order valence-electron chi connectivity index (χ2n) is 6.99. The predicted molar refractivity (Wildman–Crippen MR) is 121 cm³/mol. The first-order chi connectivity index (χ1) is 14.5.